The molecule has 0 aromatic carbocycles. The average molecular weight is 287 g/mol. The minimum atomic E-state index is 0.891. The zero-order valence-electron chi connectivity index (χ0n) is 13.2. The second-order valence-electron chi connectivity index (χ2n) is 5.27. The van der Waals surface area contributed by atoms with Crippen LogP contribution in [0.1, 0.15) is 31.2 Å². The number of rotatable bonds is 8. The van der Waals surface area contributed by atoms with Gasteiger partial charge >= 0.3 is 0 Å². The molecule has 0 aliphatic carbocycles. The van der Waals surface area contributed by atoms with Crippen molar-refractivity contribution in [3.05, 3.63) is 35.7 Å². The molecule has 21 heavy (non-hydrogen) atoms. The minimum absolute atomic E-state index is 0.891. The van der Waals surface area contributed by atoms with Gasteiger partial charge < -0.3 is 10.6 Å². The summed E-state index contributed by atoms with van der Waals surface area (Å²) in [4.78, 5) is 4.53. The lowest BCUT2D eigenvalue weighted by atomic mass is 10.3. The zero-order valence-corrected chi connectivity index (χ0v) is 13.2. The monoisotopic (exact) mass is 287 g/mol. The first-order chi connectivity index (χ1) is 10.2. The van der Waals surface area contributed by atoms with Gasteiger partial charge in [-0.3, -0.25) is 4.68 Å². The highest BCUT2D eigenvalue weighted by Crippen LogP contribution is 2.09. The Bertz CT molecular complexity index is 562. The molecule has 114 valence electrons. The molecular weight excluding hydrogens is 262 g/mol. The van der Waals surface area contributed by atoms with Crippen LogP contribution in [0.3, 0.4) is 0 Å². The molecule has 0 saturated carbocycles. The number of anilines is 2. The van der Waals surface area contributed by atoms with Gasteiger partial charge in [0.1, 0.15) is 11.6 Å². The summed E-state index contributed by atoms with van der Waals surface area (Å²) in [6.07, 6.45) is 2.12. The average Bonchev–Trinajstić information content (AvgIpc) is 2.80. The number of nitrogens with one attached hydrogen (secondary N) is 2. The number of aromatic nitrogens is 3. The summed E-state index contributed by atoms with van der Waals surface area (Å²) in [5.74, 6) is 1.85. The molecule has 0 atom stereocenters. The minimum Gasteiger partial charge on any atom is -0.370 e. The Morgan fingerprint density at radius 1 is 1.10 bits per heavy atom. The smallest absolute Gasteiger partial charge is 0.128 e. The lowest BCUT2D eigenvalue weighted by Crippen LogP contribution is -2.10. The van der Waals surface area contributed by atoms with E-state index in [1.165, 1.54) is 5.69 Å². The lowest BCUT2D eigenvalue weighted by molar-refractivity contribution is 0.573. The first-order valence-corrected chi connectivity index (χ1v) is 7.65. The van der Waals surface area contributed by atoms with E-state index in [4.69, 9.17) is 0 Å². The zero-order chi connectivity index (χ0) is 15.1. The Morgan fingerprint density at radius 2 is 1.81 bits per heavy atom. The summed E-state index contributed by atoms with van der Waals surface area (Å²) in [6.45, 7) is 9.05. The summed E-state index contributed by atoms with van der Waals surface area (Å²) in [7, 11) is 0. The van der Waals surface area contributed by atoms with Crippen molar-refractivity contribution in [1.82, 2.24) is 14.8 Å². The van der Waals surface area contributed by atoms with Gasteiger partial charge in [0, 0.05) is 25.3 Å². The molecule has 2 aromatic heterocycles. The highest BCUT2D eigenvalue weighted by Gasteiger charge is 2.01. The van der Waals surface area contributed by atoms with E-state index in [2.05, 4.69) is 45.3 Å². The van der Waals surface area contributed by atoms with E-state index < -0.39 is 0 Å². The van der Waals surface area contributed by atoms with E-state index in [1.807, 2.05) is 25.1 Å². The molecule has 5 heteroatoms. The molecule has 2 aromatic rings. The van der Waals surface area contributed by atoms with Crippen LogP contribution in [0.15, 0.2) is 24.3 Å². The van der Waals surface area contributed by atoms with Crippen molar-refractivity contribution in [1.29, 1.82) is 0 Å². The van der Waals surface area contributed by atoms with Crippen LogP contribution >= 0.6 is 0 Å². The van der Waals surface area contributed by atoms with Crippen molar-refractivity contribution >= 4 is 11.6 Å². The van der Waals surface area contributed by atoms with Crippen molar-refractivity contribution < 1.29 is 0 Å². The van der Waals surface area contributed by atoms with Crippen molar-refractivity contribution in [2.24, 2.45) is 0 Å². The molecule has 5 nitrogen and oxygen atoms in total. The van der Waals surface area contributed by atoms with E-state index >= 15 is 0 Å². The highest BCUT2D eigenvalue weighted by atomic mass is 15.3. The molecule has 0 radical (unpaired) electrons. The van der Waals surface area contributed by atoms with Gasteiger partial charge in [0.2, 0.25) is 0 Å². The summed E-state index contributed by atoms with van der Waals surface area (Å²) < 4.78 is 2.06. The second kappa shape index (κ2) is 7.67. The number of hydrogen-bond acceptors (Lipinski definition) is 4. The van der Waals surface area contributed by atoms with Crippen LogP contribution in [0.5, 0.6) is 0 Å². The van der Waals surface area contributed by atoms with Crippen molar-refractivity contribution in [2.45, 2.75) is 40.2 Å². The quantitative estimate of drug-likeness (QED) is 0.732. The van der Waals surface area contributed by atoms with Gasteiger partial charge in [-0.25, -0.2) is 4.98 Å². The molecular formula is C16H25N5. The summed E-state index contributed by atoms with van der Waals surface area (Å²) in [6, 6.07) is 8.13. The molecule has 2 N–H and O–H groups in total. The molecule has 0 aliphatic heterocycles. The first kappa shape index (κ1) is 15.4. The van der Waals surface area contributed by atoms with E-state index in [9.17, 15) is 0 Å². The van der Waals surface area contributed by atoms with Crippen LogP contribution in [0.25, 0.3) is 0 Å². The molecule has 0 unspecified atom stereocenters. The van der Waals surface area contributed by atoms with Crippen molar-refractivity contribution in [2.75, 3.05) is 23.7 Å². The summed E-state index contributed by atoms with van der Waals surface area (Å²) >= 11 is 0. The molecule has 0 spiro atoms. The topological polar surface area (TPSA) is 54.8 Å². The number of aryl methyl sites for hydroxylation is 3. The van der Waals surface area contributed by atoms with Crippen LogP contribution in [0.2, 0.25) is 0 Å². The summed E-state index contributed by atoms with van der Waals surface area (Å²) in [5.41, 5.74) is 2.30. The Balaban J connectivity index is 1.76. The maximum absolute atomic E-state index is 4.53. The lowest BCUT2D eigenvalue weighted by Gasteiger charge is -2.09. The third kappa shape index (κ3) is 4.77. The molecule has 0 bridgehead atoms. The van der Waals surface area contributed by atoms with Crippen LogP contribution < -0.4 is 10.6 Å². The summed E-state index contributed by atoms with van der Waals surface area (Å²) in [5, 5.41) is 11.1. The van der Waals surface area contributed by atoms with E-state index in [0.717, 1.165) is 49.8 Å². The van der Waals surface area contributed by atoms with Crippen molar-refractivity contribution in [3.63, 3.8) is 0 Å². The van der Waals surface area contributed by atoms with E-state index in [-0.39, 0.29) is 0 Å². The molecule has 0 saturated heterocycles. The maximum atomic E-state index is 4.53. The fourth-order valence-electron chi connectivity index (χ4n) is 2.23. The molecule has 0 aliphatic rings. The fourth-order valence-corrected chi connectivity index (χ4v) is 2.23. The predicted octanol–water partition coefficient (Wildman–Crippen LogP) is 3.22. The second-order valence-corrected chi connectivity index (χ2v) is 5.27. The Hall–Kier alpha value is -2.04. The maximum Gasteiger partial charge on any atom is 0.128 e. The van der Waals surface area contributed by atoms with Gasteiger partial charge in [-0.05, 0) is 44.9 Å². The Morgan fingerprint density at radius 3 is 2.43 bits per heavy atom. The standard InChI is InChI=1S/C16H25N5/c1-4-9-17-15-7-5-8-16(19-15)18-10-6-11-21-14(3)12-13(2)20-21/h5,7-8,12H,4,6,9-11H2,1-3H3,(H2,17,18,19). The van der Waals surface area contributed by atoms with Crippen LogP contribution in [0.4, 0.5) is 11.6 Å². The number of nitrogens with zero attached hydrogens (tertiary/aromatic N) is 3. The molecule has 0 fully saturated rings. The van der Waals surface area contributed by atoms with Gasteiger partial charge in [0.05, 0.1) is 5.69 Å². The largest absolute Gasteiger partial charge is 0.370 e. The van der Waals surface area contributed by atoms with E-state index in [0.29, 0.717) is 0 Å². The van der Waals surface area contributed by atoms with Gasteiger partial charge in [0.15, 0.2) is 0 Å². The highest BCUT2D eigenvalue weighted by molar-refractivity contribution is 5.44. The van der Waals surface area contributed by atoms with Gasteiger partial charge in [-0.15, -0.1) is 0 Å². The third-order valence-corrected chi connectivity index (χ3v) is 3.26. The molecule has 2 rings (SSSR count). The van der Waals surface area contributed by atoms with Gasteiger partial charge in [-0.2, -0.15) is 5.10 Å². The third-order valence-electron chi connectivity index (χ3n) is 3.26. The predicted molar refractivity (Wildman–Crippen MR) is 87.8 cm³/mol. The van der Waals surface area contributed by atoms with Crippen LogP contribution in [-0.4, -0.2) is 27.9 Å². The number of pyridine rings is 1. The molecule has 2 heterocycles. The van der Waals surface area contributed by atoms with Crippen LogP contribution in [-0.2, 0) is 6.54 Å². The van der Waals surface area contributed by atoms with Gasteiger partial charge in [-0.1, -0.05) is 13.0 Å². The molecule has 0 amide bonds. The Labute approximate surface area is 126 Å². The normalized spacial score (nSPS) is 10.6. The van der Waals surface area contributed by atoms with Crippen LogP contribution in [0, 0.1) is 13.8 Å². The SMILES string of the molecule is CCCNc1cccc(NCCCn2nc(C)cc2C)n1. The van der Waals surface area contributed by atoms with E-state index in [1.54, 1.807) is 0 Å². The first-order valence-electron chi connectivity index (χ1n) is 7.65. The Kier molecular flexibility index (Phi) is 5.60. The fraction of sp³-hybridized carbons (Fsp3) is 0.500. The van der Waals surface area contributed by atoms with Crippen molar-refractivity contribution in [3.8, 4) is 0 Å². The number of hydrogen-bond donors (Lipinski definition) is 2. The van der Waals surface area contributed by atoms with Gasteiger partial charge in [0.25, 0.3) is 0 Å².